The van der Waals surface area contributed by atoms with Gasteiger partial charge in [0.1, 0.15) is 10.7 Å². The van der Waals surface area contributed by atoms with Crippen LogP contribution in [0.15, 0.2) is 24.3 Å². The molecule has 0 saturated carbocycles. The average Bonchev–Trinajstić information content (AvgIpc) is 2.30. The molecule has 0 bridgehead atoms. The van der Waals surface area contributed by atoms with E-state index in [1.165, 1.54) is 19.3 Å². The van der Waals surface area contributed by atoms with Gasteiger partial charge in [0, 0.05) is 18.7 Å². The number of aromatic hydroxyl groups is 1. The molecule has 15 heavy (non-hydrogen) atoms. The summed E-state index contributed by atoms with van der Waals surface area (Å²) in [7, 11) is 0. The first-order valence-electron chi connectivity index (χ1n) is 5.36. The van der Waals surface area contributed by atoms with Crippen molar-refractivity contribution in [2.75, 3.05) is 13.1 Å². The molecule has 0 aliphatic carbocycles. The van der Waals surface area contributed by atoms with E-state index in [4.69, 9.17) is 12.2 Å². The predicted octanol–water partition coefficient (Wildman–Crippen LogP) is 2.55. The predicted molar refractivity (Wildman–Crippen MR) is 65.2 cm³/mol. The van der Waals surface area contributed by atoms with Crippen LogP contribution in [-0.4, -0.2) is 28.1 Å². The van der Waals surface area contributed by atoms with Gasteiger partial charge in [-0.1, -0.05) is 12.2 Å². The highest BCUT2D eigenvalue weighted by atomic mass is 32.1. The summed E-state index contributed by atoms with van der Waals surface area (Å²) in [5, 5.41) is 9.19. The second kappa shape index (κ2) is 4.62. The normalized spacial score (nSPS) is 16.4. The van der Waals surface area contributed by atoms with Crippen LogP contribution >= 0.6 is 12.2 Å². The van der Waals surface area contributed by atoms with E-state index in [2.05, 4.69) is 4.90 Å². The largest absolute Gasteiger partial charge is 0.508 e. The molecule has 1 aliphatic rings. The minimum absolute atomic E-state index is 0.292. The van der Waals surface area contributed by atoms with Crippen molar-refractivity contribution < 1.29 is 5.11 Å². The SMILES string of the molecule is Oc1ccc(C(=S)N2CCCCC2)cc1. The molecule has 1 fully saturated rings. The smallest absolute Gasteiger partial charge is 0.115 e. The summed E-state index contributed by atoms with van der Waals surface area (Å²) in [6.45, 7) is 2.14. The zero-order chi connectivity index (χ0) is 10.7. The number of rotatable bonds is 1. The van der Waals surface area contributed by atoms with Crippen LogP contribution in [-0.2, 0) is 0 Å². The van der Waals surface area contributed by atoms with E-state index in [1.807, 2.05) is 12.1 Å². The second-order valence-corrected chi connectivity index (χ2v) is 4.29. The van der Waals surface area contributed by atoms with Gasteiger partial charge in [-0.05, 0) is 43.5 Å². The van der Waals surface area contributed by atoms with Gasteiger partial charge in [0.15, 0.2) is 0 Å². The molecule has 0 spiro atoms. The third kappa shape index (κ3) is 2.48. The summed E-state index contributed by atoms with van der Waals surface area (Å²) < 4.78 is 0. The number of nitrogens with zero attached hydrogens (tertiary/aromatic N) is 1. The molecular formula is C12H15NOS. The van der Waals surface area contributed by atoms with Crippen LogP contribution in [0.1, 0.15) is 24.8 Å². The first kappa shape index (κ1) is 10.4. The van der Waals surface area contributed by atoms with Gasteiger partial charge >= 0.3 is 0 Å². The average molecular weight is 221 g/mol. The van der Waals surface area contributed by atoms with Crippen LogP contribution in [0.5, 0.6) is 5.75 Å². The molecule has 0 radical (unpaired) electrons. The molecule has 1 aliphatic heterocycles. The van der Waals surface area contributed by atoms with Crippen molar-refractivity contribution in [1.29, 1.82) is 0 Å². The lowest BCUT2D eigenvalue weighted by Gasteiger charge is -2.29. The van der Waals surface area contributed by atoms with Gasteiger partial charge in [0.05, 0.1) is 0 Å². The molecule has 1 heterocycles. The maximum atomic E-state index is 9.19. The van der Waals surface area contributed by atoms with Gasteiger partial charge < -0.3 is 10.0 Å². The van der Waals surface area contributed by atoms with Gasteiger partial charge in [-0.2, -0.15) is 0 Å². The maximum Gasteiger partial charge on any atom is 0.115 e. The number of phenolic OH excluding ortho intramolecular Hbond substituents is 1. The highest BCUT2D eigenvalue weighted by Gasteiger charge is 2.14. The molecule has 2 nitrogen and oxygen atoms in total. The van der Waals surface area contributed by atoms with Crippen molar-refractivity contribution in [2.45, 2.75) is 19.3 Å². The topological polar surface area (TPSA) is 23.5 Å². The van der Waals surface area contributed by atoms with Crippen LogP contribution in [0.4, 0.5) is 0 Å². The standard InChI is InChI=1S/C12H15NOS/c14-11-6-4-10(5-7-11)12(15)13-8-2-1-3-9-13/h4-7,14H,1-3,8-9H2. The molecule has 80 valence electrons. The Labute approximate surface area is 95.5 Å². The third-order valence-corrected chi connectivity index (χ3v) is 3.25. The maximum absolute atomic E-state index is 9.19. The van der Waals surface area contributed by atoms with Crippen molar-refractivity contribution in [3.63, 3.8) is 0 Å². The molecule has 0 atom stereocenters. The van der Waals surface area contributed by atoms with E-state index >= 15 is 0 Å². The summed E-state index contributed by atoms with van der Waals surface area (Å²) in [5.41, 5.74) is 1.03. The second-order valence-electron chi connectivity index (χ2n) is 3.90. The summed E-state index contributed by atoms with van der Waals surface area (Å²) >= 11 is 5.43. The van der Waals surface area contributed by atoms with E-state index in [0.717, 1.165) is 23.6 Å². The van der Waals surface area contributed by atoms with Crippen LogP contribution in [0.2, 0.25) is 0 Å². The van der Waals surface area contributed by atoms with Crippen LogP contribution < -0.4 is 0 Å². The zero-order valence-corrected chi connectivity index (χ0v) is 9.46. The minimum atomic E-state index is 0.292. The number of thiocarbonyl (C=S) groups is 1. The molecular weight excluding hydrogens is 206 g/mol. The van der Waals surface area contributed by atoms with Crippen LogP contribution in [0.25, 0.3) is 0 Å². The Balaban J connectivity index is 2.09. The Hall–Kier alpha value is -1.09. The van der Waals surface area contributed by atoms with Gasteiger partial charge in [-0.3, -0.25) is 0 Å². The number of hydrogen-bond donors (Lipinski definition) is 1. The summed E-state index contributed by atoms with van der Waals surface area (Å²) in [6.07, 6.45) is 3.78. The summed E-state index contributed by atoms with van der Waals surface area (Å²) in [5.74, 6) is 0.292. The Morgan fingerprint density at radius 1 is 1.07 bits per heavy atom. The number of phenols is 1. The van der Waals surface area contributed by atoms with Crippen molar-refractivity contribution in [3.05, 3.63) is 29.8 Å². The van der Waals surface area contributed by atoms with Gasteiger partial charge in [0.25, 0.3) is 0 Å². The summed E-state index contributed by atoms with van der Waals surface area (Å²) in [6, 6.07) is 7.13. The first-order valence-corrected chi connectivity index (χ1v) is 5.76. The Morgan fingerprint density at radius 2 is 1.67 bits per heavy atom. The van der Waals surface area contributed by atoms with Crippen molar-refractivity contribution >= 4 is 17.2 Å². The molecule has 3 heteroatoms. The molecule has 0 amide bonds. The first-order chi connectivity index (χ1) is 7.27. The zero-order valence-electron chi connectivity index (χ0n) is 8.65. The van der Waals surface area contributed by atoms with Crippen LogP contribution in [0, 0.1) is 0 Å². The molecule has 1 aromatic rings. The van der Waals surface area contributed by atoms with Gasteiger partial charge in [0.2, 0.25) is 0 Å². The lowest BCUT2D eigenvalue weighted by Crippen LogP contribution is -2.34. The van der Waals surface area contributed by atoms with E-state index < -0.39 is 0 Å². The van der Waals surface area contributed by atoms with Crippen molar-refractivity contribution in [2.24, 2.45) is 0 Å². The fourth-order valence-electron chi connectivity index (χ4n) is 1.88. The van der Waals surface area contributed by atoms with E-state index in [-0.39, 0.29) is 0 Å². The highest BCUT2D eigenvalue weighted by Crippen LogP contribution is 2.16. The number of piperidine rings is 1. The quantitative estimate of drug-likeness (QED) is 0.737. The highest BCUT2D eigenvalue weighted by molar-refractivity contribution is 7.80. The Kier molecular flexibility index (Phi) is 3.21. The van der Waals surface area contributed by atoms with E-state index in [0.29, 0.717) is 5.75 Å². The monoisotopic (exact) mass is 221 g/mol. The molecule has 1 N–H and O–H groups in total. The van der Waals surface area contributed by atoms with E-state index in [1.54, 1.807) is 12.1 Å². The van der Waals surface area contributed by atoms with E-state index in [9.17, 15) is 5.11 Å². The fourth-order valence-corrected chi connectivity index (χ4v) is 2.20. The number of benzene rings is 1. The lowest BCUT2D eigenvalue weighted by atomic mass is 10.1. The minimum Gasteiger partial charge on any atom is -0.508 e. The fraction of sp³-hybridized carbons (Fsp3) is 0.417. The molecule has 0 unspecified atom stereocenters. The van der Waals surface area contributed by atoms with Gasteiger partial charge in [-0.15, -0.1) is 0 Å². The molecule has 1 aromatic carbocycles. The molecule has 0 aromatic heterocycles. The number of likely N-dealkylation sites (tertiary alicyclic amines) is 1. The molecule has 1 saturated heterocycles. The Morgan fingerprint density at radius 3 is 2.27 bits per heavy atom. The third-order valence-electron chi connectivity index (χ3n) is 2.76. The Bertz CT molecular complexity index is 341. The lowest BCUT2D eigenvalue weighted by molar-refractivity contribution is 0.347. The van der Waals surface area contributed by atoms with Crippen LogP contribution in [0.3, 0.4) is 0 Å². The van der Waals surface area contributed by atoms with Crippen molar-refractivity contribution in [3.8, 4) is 5.75 Å². The summed E-state index contributed by atoms with van der Waals surface area (Å²) in [4.78, 5) is 3.17. The van der Waals surface area contributed by atoms with Crippen molar-refractivity contribution in [1.82, 2.24) is 4.90 Å². The number of hydrogen-bond acceptors (Lipinski definition) is 2. The molecule has 2 rings (SSSR count). The van der Waals surface area contributed by atoms with Gasteiger partial charge in [-0.25, -0.2) is 0 Å².